The normalized spacial score (nSPS) is 28.0. The van der Waals surface area contributed by atoms with Crippen molar-refractivity contribution in [2.24, 2.45) is 0 Å². The number of rotatable bonds is 2. The van der Waals surface area contributed by atoms with Gasteiger partial charge in [0.1, 0.15) is 12.3 Å². The van der Waals surface area contributed by atoms with Crippen LogP contribution in [0.15, 0.2) is 11.1 Å². The summed E-state index contributed by atoms with van der Waals surface area (Å²) in [5, 5.41) is 28.1. The van der Waals surface area contributed by atoms with Crippen molar-refractivity contribution in [2.45, 2.75) is 24.9 Å². The van der Waals surface area contributed by atoms with Gasteiger partial charge in [0.25, 0.3) is 5.56 Å². The molecule has 0 bridgehead atoms. The van der Waals surface area contributed by atoms with E-state index in [-0.39, 0.29) is 17.8 Å². The van der Waals surface area contributed by atoms with Gasteiger partial charge in [-0.05, 0) is 0 Å². The fourth-order valence-corrected chi connectivity index (χ4v) is 2.05. The Labute approximate surface area is 100 Å². The first-order valence-corrected chi connectivity index (χ1v) is 5.43. The summed E-state index contributed by atoms with van der Waals surface area (Å²) in [5.41, 5.74) is 0.0149. The lowest BCUT2D eigenvalue weighted by Gasteiger charge is -2.12. The predicted octanol–water partition coefficient (Wildman–Crippen LogP) is -1.84. The van der Waals surface area contributed by atoms with E-state index in [2.05, 4.69) is 20.4 Å². The Hall–Kier alpha value is -1.84. The van der Waals surface area contributed by atoms with Gasteiger partial charge in [-0.15, -0.1) is 5.10 Å². The highest BCUT2D eigenvalue weighted by atomic mass is 16.5. The van der Waals surface area contributed by atoms with Gasteiger partial charge < -0.3 is 14.9 Å². The number of aromatic nitrogens is 5. The molecule has 18 heavy (non-hydrogen) atoms. The van der Waals surface area contributed by atoms with E-state index in [1.54, 1.807) is 0 Å². The number of nitrogens with one attached hydrogen (secondary N) is 1. The van der Waals surface area contributed by atoms with Crippen LogP contribution >= 0.6 is 0 Å². The number of aromatic amines is 1. The highest BCUT2D eigenvalue weighted by molar-refractivity contribution is 5.68. The third-order valence-corrected chi connectivity index (χ3v) is 2.97. The Morgan fingerprint density at radius 3 is 3.17 bits per heavy atom. The number of hydrogen-bond acceptors (Lipinski definition) is 7. The van der Waals surface area contributed by atoms with E-state index >= 15 is 0 Å². The van der Waals surface area contributed by atoms with Gasteiger partial charge in [0, 0.05) is 6.42 Å². The number of aliphatic hydroxyl groups excluding tert-OH is 2. The smallest absolute Gasteiger partial charge is 0.295 e. The van der Waals surface area contributed by atoms with Crippen molar-refractivity contribution in [3.63, 3.8) is 0 Å². The lowest BCUT2D eigenvalue weighted by molar-refractivity contribution is -0.0432. The second kappa shape index (κ2) is 4.12. The molecule has 96 valence electrons. The van der Waals surface area contributed by atoms with E-state index in [4.69, 9.17) is 9.84 Å². The maximum absolute atomic E-state index is 11.4. The van der Waals surface area contributed by atoms with Gasteiger partial charge in [-0.2, -0.15) is 0 Å². The lowest BCUT2D eigenvalue weighted by Crippen LogP contribution is -2.24. The molecular formula is C9H11N5O4. The molecule has 3 heterocycles. The number of H-pyrrole nitrogens is 1. The molecule has 1 aliphatic heterocycles. The lowest BCUT2D eigenvalue weighted by atomic mass is 10.2. The molecule has 1 fully saturated rings. The fraction of sp³-hybridized carbons (Fsp3) is 0.556. The quantitative estimate of drug-likeness (QED) is 0.573. The van der Waals surface area contributed by atoms with Crippen molar-refractivity contribution >= 4 is 11.2 Å². The van der Waals surface area contributed by atoms with Crippen LogP contribution in [0.3, 0.4) is 0 Å². The predicted molar refractivity (Wildman–Crippen MR) is 57.6 cm³/mol. The Morgan fingerprint density at radius 1 is 1.61 bits per heavy atom. The number of imidazole rings is 1. The van der Waals surface area contributed by atoms with Crippen LogP contribution in [0.2, 0.25) is 0 Å². The zero-order chi connectivity index (χ0) is 12.7. The average Bonchev–Trinajstić information content (AvgIpc) is 2.93. The van der Waals surface area contributed by atoms with E-state index in [0.29, 0.717) is 6.42 Å². The molecule has 0 aliphatic carbocycles. The number of aliphatic hydroxyl groups is 2. The summed E-state index contributed by atoms with van der Waals surface area (Å²) >= 11 is 0. The summed E-state index contributed by atoms with van der Waals surface area (Å²) in [6, 6.07) is 0. The van der Waals surface area contributed by atoms with E-state index in [1.165, 1.54) is 10.9 Å². The van der Waals surface area contributed by atoms with Crippen LogP contribution < -0.4 is 5.56 Å². The van der Waals surface area contributed by atoms with Crippen molar-refractivity contribution in [3.05, 3.63) is 16.7 Å². The van der Waals surface area contributed by atoms with E-state index in [0.717, 1.165) is 0 Å². The molecule has 0 saturated carbocycles. The summed E-state index contributed by atoms with van der Waals surface area (Å²) < 4.78 is 6.98. The Bertz CT molecular complexity index is 623. The van der Waals surface area contributed by atoms with Gasteiger partial charge in [0.2, 0.25) is 0 Å². The Balaban J connectivity index is 2.01. The Morgan fingerprint density at radius 2 is 2.44 bits per heavy atom. The van der Waals surface area contributed by atoms with Crippen LogP contribution in [-0.4, -0.2) is 54.0 Å². The van der Waals surface area contributed by atoms with Crippen molar-refractivity contribution in [1.29, 1.82) is 0 Å². The largest absolute Gasteiger partial charge is 0.394 e. The van der Waals surface area contributed by atoms with Gasteiger partial charge in [0.15, 0.2) is 11.2 Å². The number of ether oxygens (including phenoxy) is 1. The number of fused-ring (bicyclic) bond motifs is 1. The van der Waals surface area contributed by atoms with Crippen LogP contribution in [0.25, 0.3) is 11.2 Å². The van der Waals surface area contributed by atoms with Gasteiger partial charge in [-0.1, -0.05) is 5.21 Å². The van der Waals surface area contributed by atoms with Crippen molar-refractivity contribution in [3.8, 4) is 0 Å². The van der Waals surface area contributed by atoms with Crippen LogP contribution in [0.4, 0.5) is 0 Å². The van der Waals surface area contributed by atoms with Gasteiger partial charge in [-0.25, -0.2) is 10.1 Å². The van der Waals surface area contributed by atoms with E-state index < -0.39 is 24.0 Å². The Kier molecular flexibility index (Phi) is 2.58. The van der Waals surface area contributed by atoms with E-state index in [1.807, 2.05) is 0 Å². The molecule has 0 spiro atoms. The van der Waals surface area contributed by atoms with Crippen molar-refractivity contribution in [2.75, 3.05) is 6.61 Å². The highest BCUT2D eigenvalue weighted by Gasteiger charge is 2.35. The van der Waals surface area contributed by atoms with Gasteiger partial charge in [0.05, 0.1) is 19.0 Å². The third kappa shape index (κ3) is 1.60. The average molecular weight is 253 g/mol. The molecule has 9 nitrogen and oxygen atoms in total. The number of nitrogens with zero attached hydrogens (tertiary/aromatic N) is 4. The second-order valence-electron chi connectivity index (χ2n) is 4.08. The monoisotopic (exact) mass is 253 g/mol. The summed E-state index contributed by atoms with van der Waals surface area (Å²) in [4.78, 5) is 15.4. The highest BCUT2D eigenvalue weighted by Crippen LogP contribution is 2.29. The minimum Gasteiger partial charge on any atom is -0.394 e. The van der Waals surface area contributed by atoms with Crippen LogP contribution in [0.1, 0.15) is 12.6 Å². The standard InChI is InChI=1S/C9H11N5O4/c15-2-5-4(16)1-6(18-5)14-3-10-7-8(14)11-13-12-9(7)17/h3-6,15-16H,1-2H2,(H,11,12,17). The third-order valence-electron chi connectivity index (χ3n) is 2.97. The topological polar surface area (TPSA) is 126 Å². The minimum absolute atomic E-state index is 0.163. The zero-order valence-corrected chi connectivity index (χ0v) is 9.22. The maximum Gasteiger partial charge on any atom is 0.295 e. The molecule has 3 N–H and O–H groups in total. The molecule has 2 aromatic heterocycles. The van der Waals surface area contributed by atoms with Gasteiger partial charge >= 0.3 is 0 Å². The number of hydrogen-bond donors (Lipinski definition) is 3. The summed E-state index contributed by atoms with van der Waals surface area (Å²) in [6.45, 7) is -0.267. The molecule has 3 unspecified atom stereocenters. The molecular weight excluding hydrogens is 242 g/mol. The first-order valence-electron chi connectivity index (χ1n) is 5.43. The minimum atomic E-state index is -0.757. The summed E-state index contributed by atoms with van der Waals surface area (Å²) in [5.74, 6) is 0. The van der Waals surface area contributed by atoms with Crippen LogP contribution in [0.5, 0.6) is 0 Å². The molecule has 0 aromatic carbocycles. The first-order chi connectivity index (χ1) is 8.70. The molecule has 1 aliphatic rings. The summed E-state index contributed by atoms with van der Waals surface area (Å²) in [6.07, 6.45) is -0.204. The summed E-state index contributed by atoms with van der Waals surface area (Å²) in [7, 11) is 0. The molecule has 2 aromatic rings. The SMILES string of the molecule is O=c1[nH]nnc2c1ncn2C1CC(O)C(CO)O1. The second-order valence-corrected chi connectivity index (χ2v) is 4.08. The van der Waals surface area contributed by atoms with Crippen LogP contribution in [0, 0.1) is 0 Å². The van der Waals surface area contributed by atoms with Crippen LogP contribution in [-0.2, 0) is 4.74 Å². The molecule has 9 heteroatoms. The van der Waals surface area contributed by atoms with Gasteiger partial charge in [-0.3, -0.25) is 9.36 Å². The van der Waals surface area contributed by atoms with E-state index in [9.17, 15) is 9.90 Å². The first kappa shape index (κ1) is 11.3. The van der Waals surface area contributed by atoms with Crippen molar-refractivity contribution < 1.29 is 14.9 Å². The fourth-order valence-electron chi connectivity index (χ4n) is 2.05. The molecule has 0 radical (unpaired) electrons. The molecule has 3 rings (SSSR count). The zero-order valence-electron chi connectivity index (χ0n) is 9.22. The molecule has 1 saturated heterocycles. The molecule has 0 amide bonds. The molecule has 3 atom stereocenters. The maximum atomic E-state index is 11.4. The van der Waals surface area contributed by atoms with Crippen molar-refractivity contribution in [1.82, 2.24) is 25.0 Å².